The molecule has 4 rings (SSSR count). The van der Waals surface area contributed by atoms with E-state index in [0.717, 1.165) is 36.9 Å². The summed E-state index contributed by atoms with van der Waals surface area (Å²) in [5, 5.41) is 13.2. The highest BCUT2D eigenvalue weighted by molar-refractivity contribution is 8.00. The van der Waals surface area contributed by atoms with Crippen molar-refractivity contribution in [1.82, 2.24) is 10.2 Å². The van der Waals surface area contributed by atoms with Gasteiger partial charge in [-0.05, 0) is 50.3 Å². The van der Waals surface area contributed by atoms with Crippen LogP contribution < -0.4 is 10.2 Å². The van der Waals surface area contributed by atoms with E-state index in [4.69, 9.17) is 4.99 Å². The molecule has 3 fully saturated rings. The first-order chi connectivity index (χ1) is 15.1. The molecule has 2 saturated heterocycles. The third-order valence-corrected chi connectivity index (χ3v) is 8.41. The minimum atomic E-state index is -0.252. The number of hydrogen-bond acceptors (Lipinski definition) is 4. The first-order valence-electron chi connectivity index (χ1n) is 12.0. The van der Waals surface area contributed by atoms with Gasteiger partial charge in [-0.3, -0.25) is 0 Å². The van der Waals surface area contributed by atoms with Crippen molar-refractivity contribution in [2.75, 3.05) is 43.4 Å². The number of aliphatic hydroxyl groups is 1. The maximum atomic E-state index is 14.8. The summed E-state index contributed by atoms with van der Waals surface area (Å²) in [5.74, 6) is 1.92. The van der Waals surface area contributed by atoms with Gasteiger partial charge in [0.2, 0.25) is 0 Å². The predicted octanol–water partition coefficient (Wildman–Crippen LogP) is 4.00. The van der Waals surface area contributed by atoms with Crippen LogP contribution in [0.1, 0.15) is 57.4 Å². The second-order valence-electron chi connectivity index (χ2n) is 9.19. The van der Waals surface area contributed by atoms with Gasteiger partial charge in [0, 0.05) is 43.2 Å². The summed E-state index contributed by atoms with van der Waals surface area (Å²) in [5.41, 5.74) is 1.53. The summed E-state index contributed by atoms with van der Waals surface area (Å²) in [6.07, 6.45) is 7.84. The first-order valence-corrected chi connectivity index (χ1v) is 13.0. The number of halogens is 1. The molecule has 0 atom stereocenters. The molecular weight excluding hydrogens is 411 g/mol. The summed E-state index contributed by atoms with van der Waals surface area (Å²) in [4.78, 5) is 9.35. The van der Waals surface area contributed by atoms with E-state index in [2.05, 4.69) is 28.9 Å². The number of aliphatic hydroxyl groups excluding tert-OH is 1. The zero-order chi connectivity index (χ0) is 21.7. The van der Waals surface area contributed by atoms with Gasteiger partial charge < -0.3 is 20.2 Å². The summed E-state index contributed by atoms with van der Waals surface area (Å²) in [6, 6.07) is 5.49. The lowest BCUT2D eigenvalue weighted by Gasteiger charge is -2.45. The zero-order valence-electron chi connectivity index (χ0n) is 18.8. The van der Waals surface area contributed by atoms with Gasteiger partial charge in [0.1, 0.15) is 5.82 Å². The molecule has 0 bridgehead atoms. The molecule has 0 aromatic heterocycles. The normalized spacial score (nSPS) is 22.7. The number of benzene rings is 1. The van der Waals surface area contributed by atoms with E-state index >= 15 is 0 Å². The van der Waals surface area contributed by atoms with Crippen molar-refractivity contribution in [2.24, 2.45) is 4.99 Å². The van der Waals surface area contributed by atoms with Crippen LogP contribution in [-0.2, 0) is 6.54 Å². The number of thioether (sulfide) groups is 1. The quantitative estimate of drug-likeness (QED) is 0.539. The Bertz CT molecular complexity index is 754. The lowest BCUT2D eigenvalue weighted by atomic mass is 9.87. The minimum absolute atomic E-state index is 0.190. The van der Waals surface area contributed by atoms with Gasteiger partial charge in [-0.15, -0.1) is 0 Å². The minimum Gasteiger partial charge on any atom is -0.393 e. The smallest absolute Gasteiger partial charge is 0.194 e. The monoisotopic (exact) mass is 448 g/mol. The van der Waals surface area contributed by atoms with Gasteiger partial charge in [-0.25, -0.2) is 9.38 Å². The molecule has 0 amide bonds. The second-order valence-corrected chi connectivity index (χ2v) is 10.8. The van der Waals surface area contributed by atoms with Crippen LogP contribution in [-0.4, -0.2) is 65.3 Å². The van der Waals surface area contributed by atoms with Gasteiger partial charge in [-0.2, -0.15) is 11.8 Å². The SMILES string of the molecule is CCNC(=NCc1ccc(N2CCC(O)CC2)c(F)c1)N1CCSC2(CCCCC2)C1. The number of guanidine groups is 1. The van der Waals surface area contributed by atoms with Crippen LogP contribution in [0.5, 0.6) is 0 Å². The van der Waals surface area contributed by atoms with Crippen LogP contribution >= 0.6 is 11.8 Å². The number of nitrogens with zero attached hydrogens (tertiary/aromatic N) is 3. The van der Waals surface area contributed by atoms with E-state index in [9.17, 15) is 9.50 Å². The molecule has 0 unspecified atom stereocenters. The molecule has 1 saturated carbocycles. The van der Waals surface area contributed by atoms with Crippen LogP contribution in [0.25, 0.3) is 0 Å². The lowest BCUT2D eigenvalue weighted by molar-refractivity contribution is 0.145. The molecular formula is C24H37FN4OS. The largest absolute Gasteiger partial charge is 0.393 e. The zero-order valence-corrected chi connectivity index (χ0v) is 19.6. The maximum Gasteiger partial charge on any atom is 0.194 e. The number of anilines is 1. The number of piperidine rings is 1. The topological polar surface area (TPSA) is 51.1 Å². The molecule has 1 aromatic carbocycles. The summed E-state index contributed by atoms with van der Waals surface area (Å²) >= 11 is 2.16. The maximum absolute atomic E-state index is 14.8. The Labute approximate surface area is 190 Å². The van der Waals surface area contributed by atoms with Gasteiger partial charge >= 0.3 is 0 Å². The van der Waals surface area contributed by atoms with Crippen molar-refractivity contribution in [1.29, 1.82) is 0 Å². The Hall–Kier alpha value is -1.47. The fraction of sp³-hybridized carbons (Fsp3) is 0.708. The Morgan fingerprint density at radius 1 is 1.23 bits per heavy atom. The molecule has 5 nitrogen and oxygen atoms in total. The molecule has 3 aliphatic rings. The highest BCUT2D eigenvalue weighted by Crippen LogP contribution is 2.42. The van der Waals surface area contributed by atoms with Gasteiger partial charge in [-0.1, -0.05) is 25.3 Å². The van der Waals surface area contributed by atoms with Crippen molar-refractivity contribution >= 4 is 23.4 Å². The van der Waals surface area contributed by atoms with Crippen LogP contribution in [0.2, 0.25) is 0 Å². The van der Waals surface area contributed by atoms with E-state index < -0.39 is 0 Å². The van der Waals surface area contributed by atoms with Crippen LogP contribution in [0, 0.1) is 5.82 Å². The third-order valence-electron chi connectivity index (χ3n) is 6.88. The number of hydrogen-bond donors (Lipinski definition) is 2. The fourth-order valence-corrected chi connectivity index (χ4v) is 6.70. The highest BCUT2D eigenvalue weighted by atomic mass is 32.2. The highest BCUT2D eigenvalue weighted by Gasteiger charge is 2.38. The van der Waals surface area contributed by atoms with Crippen LogP contribution in [0.3, 0.4) is 0 Å². The predicted molar refractivity (Wildman–Crippen MR) is 129 cm³/mol. The molecule has 1 aliphatic carbocycles. The van der Waals surface area contributed by atoms with Gasteiger partial charge in [0.15, 0.2) is 5.96 Å². The molecule has 7 heteroatoms. The lowest BCUT2D eigenvalue weighted by Crippen LogP contribution is -2.53. The van der Waals surface area contributed by atoms with Crippen LogP contribution in [0.4, 0.5) is 10.1 Å². The summed E-state index contributed by atoms with van der Waals surface area (Å²) < 4.78 is 15.2. The molecule has 172 valence electrons. The third kappa shape index (κ3) is 5.67. The van der Waals surface area contributed by atoms with Crippen molar-refractivity contribution in [3.8, 4) is 0 Å². The fourth-order valence-electron chi connectivity index (χ4n) is 5.13. The van der Waals surface area contributed by atoms with E-state index in [0.29, 0.717) is 42.9 Å². The Morgan fingerprint density at radius 2 is 2.00 bits per heavy atom. The van der Waals surface area contributed by atoms with Gasteiger partial charge in [0.25, 0.3) is 0 Å². The average molecular weight is 449 g/mol. The standard InChI is InChI=1S/C24H37FN4OS/c1-2-26-23(29-14-15-31-24(18-29)10-4-3-5-11-24)27-17-19-6-7-22(21(25)16-19)28-12-8-20(30)9-13-28/h6-7,16,20,30H,2-5,8-15,17-18H2,1H3,(H,26,27). The molecule has 1 spiro atoms. The van der Waals surface area contributed by atoms with E-state index in [1.165, 1.54) is 32.1 Å². The number of aliphatic imine (C=N–C) groups is 1. The Kier molecular flexibility index (Phi) is 7.64. The average Bonchev–Trinajstić information content (AvgIpc) is 2.78. The molecule has 2 N–H and O–H groups in total. The van der Waals surface area contributed by atoms with Gasteiger partial charge in [0.05, 0.1) is 18.3 Å². The molecule has 2 aliphatic heterocycles. The van der Waals surface area contributed by atoms with Crippen molar-refractivity contribution < 1.29 is 9.50 Å². The Balaban J connectivity index is 1.43. The molecule has 1 aromatic rings. The van der Waals surface area contributed by atoms with Crippen molar-refractivity contribution in [3.05, 3.63) is 29.6 Å². The number of nitrogens with one attached hydrogen (secondary N) is 1. The van der Waals surface area contributed by atoms with Crippen molar-refractivity contribution in [2.45, 2.75) is 69.3 Å². The molecule has 0 radical (unpaired) electrons. The first kappa shape index (κ1) is 22.7. The summed E-state index contributed by atoms with van der Waals surface area (Å²) in [6.45, 7) is 6.92. The molecule has 2 heterocycles. The number of rotatable bonds is 4. The van der Waals surface area contributed by atoms with E-state index in [1.54, 1.807) is 6.07 Å². The van der Waals surface area contributed by atoms with Crippen molar-refractivity contribution in [3.63, 3.8) is 0 Å². The molecule has 31 heavy (non-hydrogen) atoms. The van der Waals surface area contributed by atoms with E-state index in [1.807, 2.05) is 17.0 Å². The van der Waals surface area contributed by atoms with Crippen LogP contribution in [0.15, 0.2) is 23.2 Å². The Morgan fingerprint density at radius 3 is 2.71 bits per heavy atom. The summed E-state index contributed by atoms with van der Waals surface area (Å²) in [7, 11) is 0. The second kappa shape index (κ2) is 10.4. The van der Waals surface area contributed by atoms with E-state index in [-0.39, 0.29) is 11.9 Å².